The van der Waals surface area contributed by atoms with Gasteiger partial charge < -0.3 is 39.0 Å². The van der Waals surface area contributed by atoms with Gasteiger partial charge >= 0.3 is 23.9 Å². The maximum Gasteiger partial charge on any atom is 0.335 e. The van der Waals surface area contributed by atoms with Crippen LogP contribution in [0.15, 0.2) is 97.2 Å². The van der Waals surface area contributed by atoms with E-state index in [4.69, 9.17) is 23.7 Å². The van der Waals surface area contributed by atoms with Crippen LogP contribution in [0.25, 0.3) is 0 Å². The molecular formula is C63H102O12. The lowest BCUT2D eigenvalue weighted by molar-refractivity contribution is -0.301. The number of unbranched alkanes of at least 4 members (excludes halogenated alkanes) is 18. The highest BCUT2D eigenvalue weighted by Crippen LogP contribution is 2.26. The van der Waals surface area contributed by atoms with Crippen LogP contribution >= 0.6 is 0 Å². The third-order valence-corrected chi connectivity index (χ3v) is 12.6. The number of allylic oxidation sites excluding steroid dienone is 16. The number of aliphatic hydroxyl groups excluding tert-OH is 2. The lowest BCUT2D eigenvalue weighted by Gasteiger charge is -2.40. The molecule has 75 heavy (non-hydrogen) atoms. The van der Waals surface area contributed by atoms with Crippen LogP contribution in [0.4, 0.5) is 0 Å². The number of carboxylic acids is 1. The van der Waals surface area contributed by atoms with E-state index >= 15 is 0 Å². The minimum Gasteiger partial charge on any atom is -0.479 e. The van der Waals surface area contributed by atoms with Gasteiger partial charge in [-0.25, -0.2) is 4.79 Å². The first-order valence-electron chi connectivity index (χ1n) is 29.2. The Morgan fingerprint density at radius 3 is 1.39 bits per heavy atom. The van der Waals surface area contributed by atoms with Gasteiger partial charge in [-0.15, -0.1) is 0 Å². The van der Waals surface area contributed by atoms with Gasteiger partial charge in [-0.2, -0.15) is 0 Å². The Bertz CT molecular complexity index is 1670. The number of rotatable bonds is 48. The summed E-state index contributed by atoms with van der Waals surface area (Å²) in [6.07, 6.45) is 53.8. The predicted octanol–water partition coefficient (Wildman–Crippen LogP) is 14.9. The van der Waals surface area contributed by atoms with E-state index in [0.29, 0.717) is 25.7 Å². The van der Waals surface area contributed by atoms with Crippen molar-refractivity contribution in [1.29, 1.82) is 0 Å². The zero-order valence-corrected chi connectivity index (χ0v) is 46.8. The fourth-order valence-electron chi connectivity index (χ4n) is 8.14. The molecule has 12 nitrogen and oxygen atoms in total. The molecule has 0 aliphatic carbocycles. The van der Waals surface area contributed by atoms with Crippen molar-refractivity contribution in [1.82, 2.24) is 0 Å². The highest BCUT2D eigenvalue weighted by Gasteiger charge is 2.50. The Morgan fingerprint density at radius 1 is 0.453 bits per heavy atom. The fraction of sp³-hybridized carbons (Fsp3) is 0.683. The molecule has 0 radical (unpaired) electrons. The summed E-state index contributed by atoms with van der Waals surface area (Å²) >= 11 is 0. The number of carboxylic acid groups (broad SMARTS) is 1. The quantitative estimate of drug-likeness (QED) is 0.0228. The zero-order valence-electron chi connectivity index (χ0n) is 46.8. The Labute approximate surface area is 453 Å². The largest absolute Gasteiger partial charge is 0.479 e. The highest BCUT2D eigenvalue weighted by atomic mass is 16.7. The molecule has 0 saturated carbocycles. The average Bonchev–Trinajstić information content (AvgIpc) is 3.39. The van der Waals surface area contributed by atoms with Crippen LogP contribution in [-0.4, -0.2) is 89.2 Å². The Balaban J connectivity index is 2.76. The third kappa shape index (κ3) is 40.6. The van der Waals surface area contributed by atoms with Crippen molar-refractivity contribution in [3.05, 3.63) is 97.2 Å². The van der Waals surface area contributed by atoms with Crippen LogP contribution in [0, 0.1) is 0 Å². The first-order chi connectivity index (χ1) is 36.6. The lowest BCUT2D eigenvalue weighted by atomic mass is 9.98. The van der Waals surface area contributed by atoms with Crippen LogP contribution < -0.4 is 0 Å². The molecule has 0 amide bonds. The third-order valence-electron chi connectivity index (χ3n) is 12.6. The van der Waals surface area contributed by atoms with Gasteiger partial charge in [0.1, 0.15) is 18.8 Å². The summed E-state index contributed by atoms with van der Waals surface area (Å²) in [5.41, 5.74) is 0. The molecule has 1 rings (SSSR count). The molecule has 3 N–H and O–H groups in total. The number of aliphatic carboxylic acids is 1. The maximum atomic E-state index is 13.1. The monoisotopic (exact) mass is 1050 g/mol. The molecule has 0 spiro atoms. The second kappa shape index (κ2) is 50.5. The van der Waals surface area contributed by atoms with Crippen LogP contribution in [0.5, 0.6) is 0 Å². The lowest BCUT2D eigenvalue weighted by Crippen LogP contribution is -2.61. The molecule has 1 saturated heterocycles. The second-order valence-corrected chi connectivity index (χ2v) is 19.5. The predicted molar refractivity (Wildman–Crippen MR) is 303 cm³/mol. The molecule has 1 fully saturated rings. The molecule has 426 valence electrons. The first kappa shape index (κ1) is 68.7. The molecule has 1 heterocycles. The summed E-state index contributed by atoms with van der Waals surface area (Å²) < 4.78 is 28.3. The number of aliphatic hydroxyl groups is 2. The van der Waals surface area contributed by atoms with Gasteiger partial charge in [0, 0.05) is 19.3 Å². The van der Waals surface area contributed by atoms with E-state index in [0.717, 1.165) is 122 Å². The van der Waals surface area contributed by atoms with Crippen LogP contribution in [0.3, 0.4) is 0 Å². The minimum atomic E-state index is -1.92. The van der Waals surface area contributed by atoms with Gasteiger partial charge in [-0.1, -0.05) is 195 Å². The summed E-state index contributed by atoms with van der Waals surface area (Å²) in [5.74, 6) is -3.24. The van der Waals surface area contributed by atoms with E-state index < -0.39 is 67.3 Å². The smallest absolute Gasteiger partial charge is 0.335 e. The van der Waals surface area contributed by atoms with E-state index in [2.05, 4.69) is 112 Å². The molecule has 6 atom stereocenters. The van der Waals surface area contributed by atoms with E-state index in [-0.39, 0.29) is 25.9 Å². The number of hydrogen-bond donors (Lipinski definition) is 3. The summed E-state index contributed by atoms with van der Waals surface area (Å²) in [5, 5.41) is 31.4. The molecule has 12 heteroatoms. The topological polar surface area (TPSA) is 175 Å². The average molecular weight is 1050 g/mol. The maximum absolute atomic E-state index is 13.1. The van der Waals surface area contributed by atoms with Crippen LogP contribution in [-0.2, 0) is 42.9 Å². The number of hydrogen-bond acceptors (Lipinski definition) is 11. The van der Waals surface area contributed by atoms with Crippen LogP contribution in [0.2, 0.25) is 0 Å². The van der Waals surface area contributed by atoms with Gasteiger partial charge in [0.25, 0.3) is 0 Å². The first-order valence-corrected chi connectivity index (χ1v) is 29.2. The molecular weight excluding hydrogens is 949 g/mol. The van der Waals surface area contributed by atoms with Crippen molar-refractivity contribution in [2.45, 2.75) is 263 Å². The van der Waals surface area contributed by atoms with Gasteiger partial charge in [-0.05, 0) is 109 Å². The SMILES string of the molecule is CC/C=C\C/C=C\C/C=C\C/C=C\C/C=C\CCCC(=O)OCC(COC1OC(C(=O)O)C(O)C(O)C1OC(=O)CCCCCCC/C=C\C/C=C\CCC)OC(=O)CCCCCCC/C=C\CCCCCCCC. The summed E-state index contributed by atoms with van der Waals surface area (Å²) in [7, 11) is 0. The molecule has 0 aromatic heterocycles. The number of carbonyl (C=O) groups excluding carboxylic acids is 3. The standard InChI is InChI=1S/C63H102O12/c1-4-7-10-13-16-19-22-25-27-28-30-32-34-37-40-43-46-49-55(64)71-52-54(73-56(65)50-47-44-41-38-36-33-29-26-23-20-17-14-11-8-5-2)53-72-63-61(59(68)58(67)60(75-63)62(69)70)74-57(66)51-48-45-42-39-35-31-24-21-18-15-12-9-6-3/h7,10,12,15-16,19,21,24-27,29-30,32,37,40,54,58-61,63,67-68H,4-6,8-9,11,13-14,17-18,20,22-23,28,31,33-36,38-39,41-53H2,1-3H3,(H,69,70)/b10-7-,15-12-,19-16-,24-21-,27-25-,29-26-,32-30-,40-37-. The second-order valence-electron chi connectivity index (χ2n) is 19.5. The zero-order chi connectivity index (χ0) is 54.7. The van der Waals surface area contributed by atoms with Crippen molar-refractivity contribution >= 4 is 23.9 Å². The van der Waals surface area contributed by atoms with Gasteiger partial charge in [0.2, 0.25) is 0 Å². The Kier molecular flexibility index (Phi) is 46.2. The summed E-state index contributed by atoms with van der Waals surface area (Å²) in [6, 6.07) is 0. The van der Waals surface area contributed by atoms with Crippen molar-refractivity contribution in [3.8, 4) is 0 Å². The van der Waals surface area contributed by atoms with Crippen molar-refractivity contribution < 1.29 is 58.2 Å². The molecule has 6 unspecified atom stereocenters. The fourth-order valence-corrected chi connectivity index (χ4v) is 8.14. The van der Waals surface area contributed by atoms with E-state index in [1.807, 2.05) is 6.08 Å². The molecule has 0 aromatic carbocycles. The normalized spacial score (nSPS) is 18.9. The molecule has 0 bridgehead atoms. The van der Waals surface area contributed by atoms with E-state index in [9.17, 15) is 34.5 Å². The minimum absolute atomic E-state index is 0.0337. The number of esters is 3. The van der Waals surface area contributed by atoms with Crippen molar-refractivity contribution in [2.75, 3.05) is 13.2 Å². The molecule has 1 aliphatic heterocycles. The van der Waals surface area contributed by atoms with Gasteiger partial charge in [0.15, 0.2) is 24.6 Å². The summed E-state index contributed by atoms with van der Waals surface area (Å²) in [4.78, 5) is 51.1. The van der Waals surface area contributed by atoms with Crippen molar-refractivity contribution in [3.63, 3.8) is 0 Å². The molecule has 0 aromatic rings. The highest BCUT2D eigenvalue weighted by molar-refractivity contribution is 5.74. The number of ether oxygens (including phenoxy) is 5. The van der Waals surface area contributed by atoms with E-state index in [1.54, 1.807) is 0 Å². The van der Waals surface area contributed by atoms with Crippen molar-refractivity contribution in [2.24, 2.45) is 0 Å². The van der Waals surface area contributed by atoms with Gasteiger partial charge in [-0.3, -0.25) is 14.4 Å². The van der Waals surface area contributed by atoms with Crippen LogP contribution in [0.1, 0.15) is 226 Å². The van der Waals surface area contributed by atoms with Gasteiger partial charge in [0.05, 0.1) is 6.61 Å². The van der Waals surface area contributed by atoms with E-state index in [1.165, 1.54) is 38.5 Å². The Morgan fingerprint density at radius 2 is 0.880 bits per heavy atom. The summed E-state index contributed by atoms with van der Waals surface area (Å²) in [6.45, 7) is 5.73. The molecule has 1 aliphatic rings. The Hall–Kier alpha value is -4.36. The number of carbonyl (C=O) groups is 4.